The molecule has 3 aromatic rings. The lowest BCUT2D eigenvalue weighted by Gasteiger charge is -2.11. The van der Waals surface area contributed by atoms with Crippen LogP contribution in [0, 0.1) is 5.82 Å². The van der Waals surface area contributed by atoms with Crippen molar-refractivity contribution in [1.82, 2.24) is 10.2 Å². The Labute approximate surface area is 174 Å². The molecule has 1 aliphatic heterocycles. The number of halogens is 3. The lowest BCUT2D eigenvalue weighted by molar-refractivity contribution is -0.118. The number of nitrogens with one attached hydrogen (secondary N) is 1. The van der Waals surface area contributed by atoms with E-state index in [9.17, 15) is 14.0 Å². The van der Waals surface area contributed by atoms with Crippen molar-refractivity contribution in [3.63, 3.8) is 0 Å². The van der Waals surface area contributed by atoms with Crippen LogP contribution in [0.2, 0.25) is 10.0 Å². The number of rotatable bonds is 3. The molecule has 28 heavy (non-hydrogen) atoms. The van der Waals surface area contributed by atoms with Gasteiger partial charge in [-0.15, -0.1) is 11.3 Å². The molecule has 1 aromatic heterocycles. The van der Waals surface area contributed by atoms with Crippen LogP contribution in [-0.2, 0) is 4.79 Å². The highest BCUT2D eigenvalue weighted by Crippen LogP contribution is 2.41. The van der Waals surface area contributed by atoms with E-state index in [0.29, 0.717) is 20.3 Å². The molecule has 1 saturated heterocycles. The molecule has 8 heteroatoms. The molecule has 1 fully saturated rings. The minimum absolute atomic E-state index is 0.0182. The SMILES string of the molecule is O=C1CN(C(=O)c2cc(-c3cccc(Cl)c3)c(-c3cc(F)cc(Cl)c3)s2)CN1. The number of hydrogen-bond acceptors (Lipinski definition) is 3. The van der Waals surface area contributed by atoms with Gasteiger partial charge in [-0.05, 0) is 47.5 Å². The second-order valence-electron chi connectivity index (χ2n) is 6.28. The van der Waals surface area contributed by atoms with Crippen LogP contribution >= 0.6 is 34.5 Å². The zero-order chi connectivity index (χ0) is 19.8. The van der Waals surface area contributed by atoms with Crippen molar-refractivity contribution in [3.8, 4) is 21.6 Å². The molecule has 4 nitrogen and oxygen atoms in total. The van der Waals surface area contributed by atoms with Crippen LogP contribution in [0.5, 0.6) is 0 Å². The summed E-state index contributed by atoms with van der Waals surface area (Å²) in [5, 5.41) is 3.43. The van der Waals surface area contributed by atoms with Gasteiger partial charge in [-0.1, -0.05) is 35.3 Å². The van der Waals surface area contributed by atoms with Crippen LogP contribution in [0.15, 0.2) is 48.5 Å². The van der Waals surface area contributed by atoms with E-state index in [1.54, 1.807) is 24.3 Å². The van der Waals surface area contributed by atoms with Crippen LogP contribution in [0.3, 0.4) is 0 Å². The third kappa shape index (κ3) is 3.76. The fourth-order valence-electron chi connectivity index (χ4n) is 3.03. The fourth-order valence-corrected chi connectivity index (χ4v) is 4.58. The third-order valence-corrected chi connectivity index (χ3v) is 5.92. The summed E-state index contributed by atoms with van der Waals surface area (Å²) in [6.07, 6.45) is 0. The van der Waals surface area contributed by atoms with Gasteiger partial charge < -0.3 is 10.2 Å². The molecule has 2 aromatic carbocycles. The number of benzene rings is 2. The minimum Gasteiger partial charge on any atom is -0.337 e. The van der Waals surface area contributed by atoms with Gasteiger partial charge in [-0.2, -0.15) is 0 Å². The first-order chi connectivity index (χ1) is 13.4. The van der Waals surface area contributed by atoms with Crippen molar-refractivity contribution in [3.05, 3.63) is 69.3 Å². The molecular weight excluding hydrogens is 422 g/mol. The van der Waals surface area contributed by atoms with Crippen LogP contribution in [0.1, 0.15) is 9.67 Å². The van der Waals surface area contributed by atoms with E-state index in [1.165, 1.54) is 28.4 Å². The Hall–Kier alpha value is -2.41. The lowest BCUT2D eigenvalue weighted by atomic mass is 10.0. The number of thiophene rings is 1. The molecule has 2 amide bonds. The maximum Gasteiger partial charge on any atom is 0.265 e. The lowest BCUT2D eigenvalue weighted by Crippen LogP contribution is -2.28. The highest BCUT2D eigenvalue weighted by Gasteiger charge is 2.27. The zero-order valence-electron chi connectivity index (χ0n) is 14.3. The van der Waals surface area contributed by atoms with Crippen molar-refractivity contribution in [1.29, 1.82) is 0 Å². The minimum atomic E-state index is -0.463. The second-order valence-corrected chi connectivity index (χ2v) is 8.21. The van der Waals surface area contributed by atoms with E-state index in [-0.39, 0.29) is 30.1 Å². The van der Waals surface area contributed by atoms with Gasteiger partial charge in [0, 0.05) is 20.5 Å². The number of hydrogen-bond donors (Lipinski definition) is 1. The molecule has 0 saturated carbocycles. The first-order valence-corrected chi connectivity index (χ1v) is 9.90. The summed E-state index contributed by atoms with van der Waals surface area (Å²) in [6, 6.07) is 13.2. The summed E-state index contributed by atoms with van der Waals surface area (Å²) in [4.78, 5) is 26.9. The second kappa shape index (κ2) is 7.54. The molecule has 0 bridgehead atoms. The Balaban J connectivity index is 1.84. The standard InChI is InChI=1S/C20H13Cl2FN2O2S/c21-13-3-1-2-11(4-13)16-8-17(20(27)25-9-18(26)24-10-25)28-19(16)12-5-14(22)7-15(23)6-12/h1-8H,9-10H2,(H,24,26). The molecule has 0 aliphatic carbocycles. The predicted octanol–water partition coefficient (Wildman–Crippen LogP) is 5.06. The highest BCUT2D eigenvalue weighted by molar-refractivity contribution is 7.18. The van der Waals surface area contributed by atoms with E-state index in [0.717, 1.165) is 11.1 Å². The zero-order valence-corrected chi connectivity index (χ0v) is 16.7. The third-order valence-electron chi connectivity index (χ3n) is 4.29. The Kier molecular flexibility index (Phi) is 5.10. The van der Waals surface area contributed by atoms with Crippen molar-refractivity contribution in [2.24, 2.45) is 0 Å². The van der Waals surface area contributed by atoms with Gasteiger partial charge in [0.05, 0.1) is 11.5 Å². The van der Waals surface area contributed by atoms with Gasteiger partial charge in [-0.3, -0.25) is 9.59 Å². The van der Waals surface area contributed by atoms with Crippen molar-refractivity contribution < 1.29 is 14.0 Å². The van der Waals surface area contributed by atoms with Crippen LogP contribution < -0.4 is 5.32 Å². The van der Waals surface area contributed by atoms with Gasteiger partial charge in [0.1, 0.15) is 12.4 Å². The quantitative estimate of drug-likeness (QED) is 0.626. The molecule has 0 spiro atoms. The molecule has 2 heterocycles. The maximum absolute atomic E-state index is 13.9. The van der Waals surface area contributed by atoms with E-state index >= 15 is 0 Å². The average Bonchev–Trinajstić information content (AvgIpc) is 3.27. The molecule has 142 valence electrons. The fraction of sp³-hybridized carbons (Fsp3) is 0.100. The van der Waals surface area contributed by atoms with Gasteiger partial charge in [0.25, 0.3) is 5.91 Å². The molecular formula is C20H13Cl2FN2O2S. The maximum atomic E-state index is 13.9. The van der Waals surface area contributed by atoms with Crippen molar-refractivity contribution in [2.45, 2.75) is 0 Å². The van der Waals surface area contributed by atoms with E-state index in [4.69, 9.17) is 23.2 Å². The normalized spacial score (nSPS) is 13.7. The van der Waals surface area contributed by atoms with Gasteiger partial charge in [-0.25, -0.2) is 4.39 Å². The van der Waals surface area contributed by atoms with E-state index in [2.05, 4.69) is 5.32 Å². The van der Waals surface area contributed by atoms with E-state index in [1.807, 2.05) is 12.1 Å². The first kappa shape index (κ1) is 18.9. The summed E-state index contributed by atoms with van der Waals surface area (Å²) >= 11 is 13.4. The van der Waals surface area contributed by atoms with Crippen LogP contribution in [0.25, 0.3) is 21.6 Å². The van der Waals surface area contributed by atoms with Gasteiger partial charge >= 0.3 is 0 Å². The Morgan fingerprint density at radius 2 is 1.86 bits per heavy atom. The topological polar surface area (TPSA) is 49.4 Å². The van der Waals surface area contributed by atoms with Gasteiger partial charge in [0.15, 0.2) is 0 Å². The molecule has 1 N–H and O–H groups in total. The highest BCUT2D eigenvalue weighted by atomic mass is 35.5. The average molecular weight is 435 g/mol. The van der Waals surface area contributed by atoms with Crippen molar-refractivity contribution >= 4 is 46.4 Å². The Morgan fingerprint density at radius 1 is 1.07 bits per heavy atom. The largest absolute Gasteiger partial charge is 0.337 e. The number of nitrogens with zero attached hydrogens (tertiary/aromatic N) is 1. The molecule has 1 aliphatic rings. The molecule has 0 unspecified atom stereocenters. The van der Waals surface area contributed by atoms with Crippen LogP contribution in [-0.4, -0.2) is 29.9 Å². The first-order valence-electron chi connectivity index (χ1n) is 8.33. The number of carbonyl (C=O) groups is 2. The molecule has 0 radical (unpaired) electrons. The Bertz CT molecular complexity index is 1080. The monoisotopic (exact) mass is 434 g/mol. The predicted molar refractivity (Wildman–Crippen MR) is 109 cm³/mol. The summed E-state index contributed by atoms with van der Waals surface area (Å²) in [5.41, 5.74) is 2.12. The smallest absolute Gasteiger partial charge is 0.265 e. The summed E-state index contributed by atoms with van der Waals surface area (Å²) in [5.74, 6) is -0.923. The summed E-state index contributed by atoms with van der Waals surface area (Å²) in [7, 11) is 0. The summed E-state index contributed by atoms with van der Waals surface area (Å²) in [6.45, 7) is 0.188. The number of amides is 2. The van der Waals surface area contributed by atoms with Gasteiger partial charge in [0.2, 0.25) is 5.91 Å². The molecule has 0 atom stereocenters. The number of carbonyl (C=O) groups excluding carboxylic acids is 2. The molecule has 4 rings (SSSR count). The van der Waals surface area contributed by atoms with Crippen molar-refractivity contribution in [2.75, 3.05) is 13.2 Å². The van der Waals surface area contributed by atoms with Crippen LogP contribution in [0.4, 0.5) is 4.39 Å². The van der Waals surface area contributed by atoms with E-state index < -0.39 is 5.82 Å². The Morgan fingerprint density at radius 3 is 2.54 bits per heavy atom. The summed E-state index contributed by atoms with van der Waals surface area (Å²) < 4.78 is 13.9.